The van der Waals surface area contributed by atoms with Crippen molar-refractivity contribution in [1.29, 1.82) is 0 Å². The Kier molecular flexibility index (Phi) is 5.56. The molecule has 22 heavy (non-hydrogen) atoms. The standard InChI is InChI=1S/C16H19ClN2O2S/c1-3-19(11-8-14-6-9-18-10-7-14)22(20,21)15-5-4-13(2)16(17)12-15/h4-7,9-10,12H,3,8,11H2,1-2H3. The van der Waals surface area contributed by atoms with Crippen LogP contribution >= 0.6 is 11.6 Å². The van der Waals surface area contributed by atoms with Gasteiger partial charge >= 0.3 is 0 Å². The normalized spacial score (nSPS) is 11.8. The Morgan fingerprint density at radius 2 is 1.86 bits per heavy atom. The highest BCUT2D eigenvalue weighted by molar-refractivity contribution is 7.89. The number of aryl methyl sites for hydroxylation is 1. The molecule has 0 spiro atoms. The van der Waals surface area contributed by atoms with Crippen LogP contribution in [0, 0.1) is 6.92 Å². The summed E-state index contributed by atoms with van der Waals surface area (Å²) in [5, 5.41) is 0.464. The van der Waals surface area contributed by atoms with Crippen LogP contribution in [0.25, 0.3) is 0 Å². The first-order valence-corrected chi connectivity index (χ1v) is 8.92. The summed E-state index contributed by atoms with van der Waals surface area (Å²) >= 11 is 6.05. The smallest absolute Gasteiger partial charge is 0.243 e. The van der Waals surface area contributed by atoms with Crippen molar-refractivity contribution in [3.63, 3.8) is 0 Å². The lowest BCUT2D eigenvalue weighted by molar-refractivity contribution is 0.431. The largest absolute Gasteiger partial charge is 0.265 e. The minimum absolute atomic E-state index is 0.236. The van der Waals surface area contributed by atoms with Crippen LogP contribution in [0.4, 0.5) is 0 Å². The van der Waals surface area contributed by atoms with Crippen molar-refractivity contribution in [2.45, 2.75) is 25.2 Å². The van der Waals surface area contributed by atoms with E-state index in [1.165, 1.54) is 10.4 Å². The van der Waals surface area contributed by atoms with E-state index in [2.05, 4.69) is 4.98 Å². The van der Waals surface area contributed by atoms with Gasteiger partial charge in [-0.25, -0.2) is 8.42 Å². The molecule has 118 valence electrons. The SMILES string of the molecule is CCN(CCc1ccncc1)S(=O)(=O)c1ccc(C)c(Cl)c1. The fourth-order valence-electron chi connectivity index (χ4n) is 2.13. The van der Waals surface area contributed by atoms with Crippen LogP contribution in [-0.2, 0) is 16.4 Å². The molecule has 0 atom stereocenters. The van der Waals surface area contributed by atoms with Crippen molar-refractivity contribution < 1.29 is 8.42 Å². The summed E-state index contributed by atoms with van der Waals surface area (Å²) in [6.45, 7) is 4.52. The summed E-state index contributed by atoms with van der Waals surface area (Å²) in [5.74, 6) is 0. The van der Waals surface area contributed by atoms with Crippen molar-refractivity contribution >= 4 is 21.6 Å². The molecule has 0 N–H and O–H groups in total. The van der Waals surface area contributed by atoms with Gasteiger partial charge in [0.15, 0.2) is 0 Å². The van der Waals surface area contributed by atoms with Crippen LogP contribution in [0.3, 0.4) is 0 Å². The van der Waals surface area contributed by atoms with Gasteiger partial charge in [-0.3, -0.25) is 4.98 Å². The molecule has 1 aromatic carbocycles. The summed E-state index contributed by atoms with van der Waals surface area (Å²) in [6, 6.07) is 8.63. The third-order valence-corrected chi connectivity index (χ3v) is 5.91. The lowest BCUT2D eigenvalue weighted by Gasteiger charge is -2.21. The third-order valence-electron chi connectivity index (χ3n) is 3.53. The second kappa shape index (κ2) is 7.22. The Morgan fingerprint density at radius 3 is 2.45 bits per heavy atom. The highest BCUT2D eigenvalue weighted by atomic mass is 35.5. The molecule has 0 aliphatic heterocycles. The number of hydrogen-bond donors (Lipinski definition) is 0. The number of sulfonamides is 1. The summed E-state index contributed by atoms with van der Waals surface area (Å²) in [5.41, 5.74) is 1.92. The van der Waals surface area contributed by atoms with E-state index in [1.54, 1.807) is 24.5 Å². The van der Waals surface area contributed by atoms with Crippen molar-refractivity contribution in [3.05, 3.63) is 58.9 Å². The highest BCUT2D eigenvalue weighted by Gasteiger charge is 2.23. The number of benzene rings is 1. The number of pyridine rings is 1. The molecule has 0 amide bonds. The molecule has 1 heterocycles. The average molecular weight is 339 g/mol. The summed E-state index contributed by atoms with van der Waals surface area (Å²) in [4.78, 5) is 4.20. The monoisotopic (exact) mass is 338 g/mol. The summed E-state index contributed by atoms with van der Waals surface area (Å²) in [7, 11) is -3.53. The minimum Gasteiger partial charge on any atom is -0.265 e. The highest BCUT2D eigenvalue weighted by Crippen LogP contribution is 2.22. The maximum Gasteiger partial charge on any atom is 0.243 e. The number of rotatable bonds is 6. The van der Waals surface area contributed by atoms with Crippen molar-refractivity contribution in [1.82, 2.24) is 9.29 Å². The van der Waals surface area contributed by atoms with Crippen LogP contribution in [0.15, 0.2) is 47.6 Å². The van der Waals surface area contributed by atoms with Gasteiger partial charge in [0.05, 0.1) is 4.90 Å². The maximum atomic E-state index is 12.7. The van der Waals surface area contributed by atoms with Gasteiger partial charge in [0.1, 0.15) is 0 Å². The Labute approximate surface area is 136 Å². The van der Waals surface area contributed by atoms with Gasteiger partial charge in [0.25, 0.3) is 0 Å². The number of hydrogen-bond acceptors (Lipinski definition) is 3. The lowest BCUT2D eigenvalue weighted by Crippen LogP contribution is -2.32. The fraction of sp³-hybridized carbons (Fsp3) is 0.312. The molecule has 0 fully saturated rings. The van der Waals surface area contributed by atoms with Gasteiger partial charge in [-0.1, -0.05) is 24.6 Å². The molecular weight excluding hydrogens is 320 g/mol. The van der Waals surface area contributed by atoms with Gasteiger partial charge < -0.3 is 0 Å². The molecule has 2 rings (SSSR count). The van der Waals surface area contributed by atoms with Gasteiger partial charge in [0, 0.05) is 30.5 Å². The van der Waals surface area contributed by atoms with Crippen LogP contribution in [0.2, 0.25) is 5.02 Å². The molecule has 2 aromatic rings. The van der Waals surface area contributed by atoms with Gasteiger partial charge in [-0.05, 0) is 48.7 Å². The summed E-state index contributed by atoms with van der Waals surface area (Å²) in [6.07, 6.45) is 4.06. The molecule has 0 radical (unpaired) electrons. The van der Waals surface area contributed by atoms with E-state index in [9.17, 15) is 8.42 Å². The zero-order valence-corrected chi connectivity index (χ0v) is 14.2. The first-order chi connectivity index (χ1) is 10.4. The molecule has 6 heteroatoms. The van der Waals surface area contributed by atoms with E-state index in [1.807, 2.05) is 26.0 Å². The molecule has 0 unspecified atom stereocenters. The van der Waals surface area contributed by atoms with Crippen molar-refractivity contribution in [3.8, 4) is 0 Å². The zero-order valence-electron chi connectivity index (χ0n) is 12.7. The zero-order chi connectivity index (χ0) is 16.2. The number of nitrogens with zero attached hydrogens (tertiary/aromatic N) is 2. The number of aromatic nitrogens is 1. The molecule has 0 aliphatic rings. The molecule has 0 bridgehead atoms. The van der Waals surface area contributed by atoms with Gasteiger partial charge in [-0.2, -0.15) is 4.31 Å². The Balaban J connectivity index is 2.19. The predicted octanol–water partition coefficient (Wildman–Crippen LogP) is 3.30. The van der Waals surface area contributed by atoms with E-state index >= 15 is 0 Å². The van der Waals surface area contributed by atoms with Crippen LogP contribution < -0.4 is 0 Å². The van der Waals surface area contributed by atoms with E-state index in [0.29, 0.717) is 24.5 Å². The second-order valence-electron chi connectivity index (χ2n) is 5.01. The lowest BCUT2D eigenvalue weighted by atomic mass is 10.2. The molecule has 0 saturated carbocycles. The molecule has 0 saturated heterocycles. The van der Waals surface area contributed by atoms with Gasteiger partial charge in [-0.15, -0.1) is 0 Å². The average Bonchev–Trinajstić information content (AvgIpc) is 2.51. The van der Waals surface area contributed by atoms with E-state index in [0.717, 1.165) is 11.1 Å². The number of halogens is 1. The van der Waals surface area contributed by atoms with E-state index in [-0.39, 0.29) is 4.90 Å². The fourth-order valence-corrected chi connectivity index (χ4v) is 3.86. The quantitative estimate of drug-likeness (QED) is 0.812. The topological polar surface area (TPSA) is 50.3 Å². The van der Waals surface area contributed by atoms with E-state index in [4.69, 9.17) is 11.6 Å². The van der Waals surface area contributed by atoms with E-state index < -0.39 is 10.0 Å². The molecule has 4 nitrogen and oxygen atoms in total. The number of likely N-dealkylation sites (N-methyl/N-ethyl adjacent to an activating group) is 1. The van der Waals surface area contributed by atoms with Gasteiger partial charge in [0.2, 0.25) is 10.0 Å². The van der Waals surface area contributed by atoms with Crippen LogP contribution in [-0.4, -0.2) is 30.8 Å². The Bertz CT molecular complexity index is 733. The second-order valence-corrected chi connectivity index (χ2v) is 7.36. The molecule has 0 aliphatic carbocycles. The molecule has 1 aromatic heterocycles. The first kappa shape index (κ1) is 16.9. The van der Waals surface area contributed by atoms with Crippen LogP contribution in [0.5, 0.6) is 0 Å². The first-order valence-electron chi connectivity index (χ1n) is 7.10. The van der Waals surface area contributed by atoms with Crippen molar-refractivity contribution in [2.24, 2.45) is 0 Å². The molecular formula is C16H19ClN2O2S. The minimum atomic E-state index is -3.53. The Hall–Kier alpha value is -1.43. The maximum absolute atomic E-state index is 12.7. The Morgan fingerprint density at radius 1 is 1.18 bits per heavy atom. The van der Waals surface area contributed by atoms with Crippen LogP contribution in [0.1, 0.15) is 18.1 Å². The van der Waals surface area contributed by atoms with Crippen molar-refractivity contribution in [2.75, 3.05) is 13.1 Å². The third kappa shape index (κ3) is 3.85. The summed E-state index contributed by atoms with van der Waals surface area (Å²) < 4.78 is 26.9. The predicted molar refractivity (Wildman–Crippen MR) is 88.6 cm³/mol.